The highest BCUT2D eigenvalue weighted by atomic mass is 16.5. The van der Waals surface area contributed by atoms with Gasteiger partial charge in [-0.3, -0.25) is 0 Å². The molecular formula is C12H22O3. The SMILES string of the molecule is C#CCOCCOCCOCC(C)CC. The van der Waals surface area contributed by atoms with Crippen molar-refractivity contribution in [2.24, 2.45) is 5.92 Å². The summed E-state index contributed by atoms with van der Waals surface area (Å²) >= 11 is 0. The van der Waals surface area contributed by atoms with Gasteiger partial charge in [-0.05, 0) is 5.92 Å². The van der Waals surface area contributed by atoms with E-state index in [-0.39, 0.29) is 0 Å². The first-order valence-corrected chi connectivity index (χ1v) is 5.48. The zero-order valence-corrected chi connectivity index (χ0v) is 9.83. The van der Waals surface area contributed by atoms with Gasteiger partial charge >= 0.3 is 0 Å². The Labute approximate surface area is 93.1 Å². The predicted octanol–water partition coefficient (Wildman–Crippen LogP) is 1.72. The van der Waals surface area contributed by atoms with Gasteiger partial charge in [-0.15, -0.1) is 6.42 Å². The van der Waals surface area contributed by atoms with Crippen LogP contribution in [0.4, 0.5) is 0 Å². The van der Waals surface area contributed by atoms with Gasteiger partial charge in [0.1, 0.15) is 6.61 Å². The minimum atomic E-state index is 0.355. The summed E-state index contributed by atoms with van der Waals surface area (Å²) < 4.78 is 15.7. The summed E-state index contributed by atoms with van der Waals surface area (Å²) in [6.45, 7) is 7.91. The van der Waals surface area contributed by atoms with E-state index in [2.05, 4.69) is 19.8 Å². The Morgan fingerprint density at radius 1 is 1.07 bits per heavy atom. The van der Waals surface area contributed by atoms with Gasteiger partial charge in [-0.1, -0.05) is 26.2 Å². The Morgan fingerprint density at radius 3 is 2.27 bits per heavy atom. The molecule has 0 rings (SSSR count). The zero-order chi connectivity index (χ0) is 11.4. The number of terminal acetylenes is 1. The van der Waals surface area contributed by atoms with Crippen molar-refractivity contribution in [2.75, 3.05) is 39.6 Å². The zero-order valence-electron chi connectivity index (χ0n) is 9.83. The highest BCUT2D eigenvalue weighted by molar-refractivity contribution is 4.82. The molecule has 15 heavy (non-hydrogen) atoms. The van der Waals surface area contributed by atoms with Crippen LogP contribution >= 0.6 is 0 Å². The normalized spacial score (nSPS) is 12.3. The fourth-order valence-electron chi connectivity index (χ4n) is 0.871. The first-order chi connectivity index (χ1) is 7.31. The molecule has 0 amide bonds. The summed E-state index contributed by atoms with van der Waals surface area (Å²) in [6.07, 6.45) is 6.17. The summed E-state index contributed by atoms with van der Waals surface area (Å²) in [7, 11) is 0. The van der Waals surface area contributed by atoms with Crippen LogP contribution in [-0.2, 0) is 14.2 Å². The van der Waals surface area contributed by atoms with Gasteiger partial charge in [-0.25, -0.2) is 0 Å². The first-order valence-electron chi connectivity index (χ1n) is 5.48. The number of ether oxygens (including phenoxy) is 3. The lowest BCUT2D eigenvalue weighted by Gasteiger charge is -2.09. The Morgan fingerprint density at radius 2 is 1.67 bits per heavy atom. The molecule has 1 unspecified atom stereocenters. The fraction of sp³-hybridized carbons (Fsp3) is 0.833. The largest absolute Gasteiger partial charge is 0.379 e. The first kappa shape index (κ1) is 14.4. The van der Waals surface area contributed by atoms with E-state index in [1.807, 2.05) is 0 Å². The van der Waals surface area contributed by atoms with Gasteiger partial charge in [0.25, 0.3) is 0 Å². The van der Waals surface area contributed by atoms with Gasteiger partial charge in [-0.2, -0.15) is 0 Å². The van der Waals surface area contributed by atoms with Crippen LogP contribution in [0, 0.1) is 18.3 Å². The van der Waals surface area contributed by atoms with Crippen LogP contribution in [0.15, 0.2) is 0 Å². The van der Waals surface area contributed by atoms with Crippen LogP contribution < -0.4 is 0 Å². The quantitative estimate of drug-likeness (QED) is 0.409. The lowest BCUT2D eigenvalue weighted by Crippen LogP contribution is -2.12. The average molecular weight is 214 g/mol. The molecule has 0 aromatic rings. The lowest BCUT2D eigenvalue weighted by molar-refractivity contribution is 0.0130. The standard InChI is InChI=1S/C12H22O3/c1-4-6-13-7-8-14-9-10-15-11-12(3)5-2/h1,12H,5-11H2,2-3H3. The third-order valence-corrected chi connectivity index (χ3v) is 2.03. The van der Waals surface area contributed by atoms with Gasteiger partial charge in [0.05, 0.1) is 26.4 Å². The van der Waals surface area contributed by atoms with E-state index in [0.717, 1.165) is 13.0 Å². The number of hydrogen-bond donors (Lipinski definition) is 0. The van der Waals surface area contributed by atoms with Crippen molar-refractivity contribution in [2.45, 2.75) is 20.3 Å². The average Bonchev–Trinajstić information content (AvgIpc) is 2.26. The monoisotopic (exact) mass is 214 g/mol. The molecule has 0 aliphatic heterocycles. The predicted molar refractivity (Wildman–Crippen MR) is 60.7 cm³/mol. The van der Waals surface area contributed by atoms with Crippen LogP contribution in [-0.4, -0.2) is 39.6 Å². The molecule has 0 saturated carbocycles. The van der Waals surface area contributed by atoms with Crippen LogP contribution in [0.25, 0.3) is 0 Å². The van der Waals surface area contributed by atoms with Crippen molar-refractivity contribution in [1.82, 2.24) is 0 Å². The second-order valence-electron chi connectivity index (χ2n) is 3.46. The van der Waals surface area contributed by atoms with E-state index in [1.54, 1.807) is 0 Å². The maximum Gasteiger partial charge on any atom is 0.107 e. The molecular weight excluding hydrogens is 192 g/mol. The molecule has 0 N–H and O–H groups in total. The number of hydrogen-bond acceptors (Lipinski definition) is 3. The van der Waals surface area contributed by atoms with E-state index in [0.29, 0.717) is 39.0 Å². The molecule has 3 heteroatoms. The molecule has 0 fully saturated rings. The maximum absolute atomic E-state index is 5.42. The smallest absolute Gasteiger partial charge is 0.107 e. The van der Waals surface area contributed by atoms with Crippen molar-refractivity contribution in [3.8, 4) is 12.3 Å². The van der Waals surface area contributed by atoms with Crippen molar-refractivity contribution in [1.29, 1.82) is 0 Å². The molecule has 0 saturated heterocycles. The highest BCUT2D eigenvalue weighted by Crippen LogP contribution is 1.99. The topological polar surface area (TPSA) is 27.7 Å². The van der Waals surface area contributed by atoms with Gasteiger partial charge < -0.3 is 14.2 Å². The van der Waals surface area contributed by atoms with Crippen molar-refractivity contribution < 1.29 is 14.2 Å². The van der Waals surface area contributed by atoms with Crippen LogP contribution in [0.1, 0.15) is 20.3 Å². The third-order valence-electron chi connectivity index (χ3n) is 2.03. The molecule has 0 aromatic carbocycles. The summed E-state index contributed by atoms with van der Waals surface area (Å²) in [5.41, 5.74) is 0. The molecule has 0 aliphatic carbocycles. The third kappa shape index (κ3) is 11.4. The Balaban J connectivity index is 2.96. The summed E-state index contributed by atoms with van der Waals surface area (Å²) in [5.74, 6) is 3.02. The van der Waals surface area contributed by atoms with E-state index < -0.39 is 0 Å². The molecule has 0 bridgehead atoms. The summed E-state index contributed by atoms with van der Waals surface area (Å²) in [6, 6.07) is 0. The van der Waals surface area contributed by atoms with Crippen LogP contribution in [0.3, 0.4) is 0 Å². The molecule has 0 aliphatic rings. The Bertz CT molecular complexity index is 163. The van der Waals surface area contributed by atoms with Crippen LogP contribution in [0.2, 0.25) is 0 Å². The molecule has 1 atom stereocenters. The van der Waals surface area contributed by atoms with E-state index in [4.69, 9.17) is 20.6 Å². The lowest BCUT2D eigenvalue weighted by atomic mass is 10.1. The van der Waals surface area contributed by atoms with Crippen molar-refractivity contribution >= 4 is 0 Å². The molecule has 0 radical (unpaired) electrons. The molecule has 3 nitrogen and oxygen atoms in total. The van der Waals surface area contributed by atoms with Gasteiger partial charge in [0, 0.05) is 6.61 Å². The fourth-order valence-corrected chi connectivity index (χ4v) is 0.871. The van der Waals surface area contributed by atoms with E-state index >= 15 is 0 Å². The molecule has 0 spiro atoms. The summed E-state index contributed by atoms with van der Waals surface area (Å²) in [5, 5.41) is 0. The van der Waals surface area contributed by atoms with Gasteiger partial charge in [0.15, 0.2) is 0 Å². The van der Waals surface area contributed by atoms with Crippen molar-refractivity contribution in [3.05, 3.63) is 0 Å². The Kier molecular flexibility index (Phi) is 11.1. The second-order valence-corrected chi connectivity index (χ2v) is 3.46. The van der Waals surface area contributed by atoms with Crippen LogP contribution in [0.5, 0.6) is 0 Å². The van der Waals surface area contributed by atoms with Crippen molar-refractivity contribution in [3.63, 3.8) is 0 Å². The van der Waals surface area contributed by atoms with E-state index in [9.17, 15) is 0 Å². The molecule has 88 valence electrons. The minimum Gasteiger partial charge on any atom is -0.379 e. The summed E-state index contributed by atoms with van der Waals surface area (Å²) in [4.78, 5) is 0. The Hall–Kier alpha value is -0.560. The van der Waals surface area contributed by atoms with Gasteiger partial charge in [0.2, 0.25) is 0 Å². The van der Waals surface area contributed by atoms with E-state index in [1.165, 1.54) is 0 Å². The molecule has 0 aromatic heterocycles. The highest BCUT2D eigenvalue weighted by Gasteiger charge is 1.97. The number of rotatable bonds is 10. The second kappa shape index (κ2) is 11.5. The maximum atomic E-state index is 5.42. The minimum absolute atomic E-state index is 0.355. The molecule has 0 heterocycles.